The Kier molecular flexibility index (Phi) is 2.66. The van der Waals surface area contributed by atoms with E-state index in [4.69, 9.17) is 0 Å². The summed E-state index contributed by atoms with van der Waals surface area (Å²) in [6, 6.07) is 1.86. The van der Waals surface area contributed by atoms with Gasteiger partial charge in [-0.2, -0.15) is 15.2 Å². The van der Waals surface area contributed by atoms with Crippen LogP contribution in [0, 0.1) is 0 Å². The third-order valence-electron chi connectivity index (χ3n) is 2.73. The normalized spacial score (nSPS) is 16.1. The average Bonchev–Trinajstić information content (AvgIpc) is 2.90. The molecule has 1 aliphatic rings. The molecule has 0 radical (unpaired) electrons. The third-order valence-corrected chi connectivity index (χ3v) is 2.73. The van der Waals surface area contributed by atoms with Crippen molar-refractivity contribution >= 4 is 5.95 Å². The minimum atomic E-state index is 0.730. The minimum Gasteiger partial charge on any atom is -0.337 e. The van der Waals surface area contributed by atoms with Crippen LogP contribution in [0.3, 0.4) is 0 Å². The second-order valence-corrected chi connectivity index (χ2v) is 3.85. The van der Waals surface area contributed by atoms with Gasteiger partial charge < -0.3 is 10.2 Å². The quantitative estimate of drug-likeness (QED) is 0.736. The topological polar surface area (TPSA) is 82.6 Å². The van der Waals surface area contributed by atoms with Crippen LogP contribution in [0.1, 0.15) is 0 Å². The van der Waals surface area contributed by atoms with Gasteiger partial charge in [0.05, 0.1) is 12.4 Å². The molecule has 0 aromatic carbocycles. The standard InChI is InChI=1S/C10H13N7/c1-2-12-13-7-8(1)9-14-10(16-15-9)17-5-3-11-4-6-17/h1-2,7,11H,3-6H2,(H,14,15,16). The maximum absolute atomic E-state index is 4.47. The Balaban J connectivity index is 1.83. The first-order valence-corrected chi connectivity index (χ1v) is 5.58. The molecule has 0 aliphatic carbocycles. The van der Waals surface area contributed by atoms with Crippen LogP contribution in [-0.2, 0) is 0 Å². The van der Waals surface area contributed by atoms with E-state index in [-0.39, 0.29) is 0 Å². The van der Waals surface area contributed by atoms with E-state index in [1.807, 2.05) is 6.07 Å². The lowest BCUT2D eigenvalue weighted by atomic mass is 10.3. The molecule has 1 fully saturated rings. The molecule has 7 heteroatoms. The van der Waals surface area contributed by atoms with Crippen molar-refractivity contribution in [2.75, 3.05) is 31.1 Å². The van der Waals surface area contributed by atoms with Crippen LogP contribution < -0.4 is 10.2 Å². The molecule has 0 spiro atoms. The molecule has 17 heavy (non-hydrogen) atoms. The van der Waals surface area contributed by atoms with E-state index in [1.54, 1.807) is 12.4 Å². The lowest BCUT2D eigenvalue weighted by Crippen LogP contribution is -2.44. The summed E-state index contributed by atoms with van der Waals surface area (Å²) in [5, 5.41) is 18.0. The zero-order valence-electron chi connectivity index (χ0n) is 9.30. The van der Waals surface area contributed by atoms with Crippen LogP contribution in [-0.4, -0.2) is 51.6 Å². The Hall–Kier alpha value is -2.02. The fraction of sp³-hybridized carbons (Fsp3) is 0.400. The molecule has 2 N–H and O–H groups in total. The van der Waals surface area contributed by atoms with Crippen molar-refractivity contribution in [1.29, 1.82) is 0 Å². The van der Waals surface area contributed by atoms with Crippen molar-refractivity contribution in [2.24, 2.45) is 0 Å². The highest BCUT2D eigenvalue weighted by atomic mass is 15.4. The van der Waals surface area contributed by atoms with E-state index < -0.39 is 0 Å². The van der Waals surface area contributed by atoms with E-state index >= 15 is 0 Å². The Morgan fingerprint density at radius 1 is 1.18 bits per heavy atom. The van der Waals surface area contributed by atoms with Gasteiger partial charge in [-0.25, -0.2) is 0 Å². The van der Waals surface area contributed by atoms with Gasteiger partial charge in [0, 0.05) is 31.7 Å². The van der Waals surface area contributed by atoms with Crippen molar-refractivity contribution in [2.45, 2.75) is 0 Å². The second kappa shape index (κ2) is 4.46. The summed E-state index contributed by atoms with van der Waals surface area (Å²) in [4.78, 5) is 6.63. The zero-order chi connectivity index (χ0) is 11.5. The summed E-state index contributed by atoms with van der Waals surface area (Å²) in [6.45, 7) is 3.82. The van der Waals surface area contributed by atoms with Gasteiger partial charge >= 0.3 is 0 Å². The molecule has 0 saturated carbocycles. The predicted octanol–water partition coefficient (Wildman–Crippen LogP) is -0.329. The maximum Gasteiger partial charge on any atom is 0.245 e. The highest BCUT2D eigenvalue weighted by molar-refractivity contribution is 5.54. The second-order valence-electron chi connectivity index (χ2n) is 3.85. The number of nitrogens with zero attached hydrogens (tertiary/aromatic N) is 5. The summed E-state index contributed by atoms with van der Waals surface area (Å²) in [5.74, 6) is 1.48. The molecular formula is C10H13N7. The Morgan fingerprint density at radius 2 is 2.06 bits per heavy atom. The molecule has 7 nitrogen and oxygen atoms in total. The molecule has 0 atom stereocenters. The average molecular weight is 231 g/mol. The van der Waals surface area contributed by atoms with Gasteiger partial charge in [0.15, 0.2) is 5.82 Å². The molecule has 3 rings (SSSR count). The highest BCUT2D eigenvalue weighted by Gasteiger charge is 2.15. The monoisotopic (exact) mass is 231 g/mol. The van der Waals surface area contributed by atoms with Gasteiger partial charge in [-0.05, 0) is 6.07 Å². The predicted molar refractivity (Wildman–Crippen MR) is 62.5 cm³/mol. The number of aromatic nitrogens is 5. The largest absolute Gasteiger partial charge is 0.337 e. The summed E-state index contributed by atoms with van der Waals surface area (Å²) >= 11 is 0. The number of H-pyrrole nitrogens is 1. The molecule has 0 bridgehead atoms. The number of hydrogen-bond donors (Lipinski definition) is 2. The van der Waals surface area contributed by atoms with Crippen molar-refractivity contribution in [3.8, 4) is 11.4 Å². The first-order valence-electron chi connectivity index (χ1n) is 5.58. The number of piperazine rings is 1. The molecule has 2 aromatic heterocycles. The van der Waals surface area contributed by atoms with Crippen LogP contribution in [0.4, 0.5) is 5.95 Å². The lowest BCUT2D eigenvalue weighted by molar-refractivity contribution is 0.580. The number of nitrogens with one attached hydrogen (secondary N) is 2. The lowest BCUT2D eigenvalue weighted by Gasteiger charge is -2.25. The molecule has 1 saturated heterocycles. The van der Waals surface area contributed by atoms with E-state index in [9.17, 15) is 0 Å². The molecule has 0 amide bonds. The fourth-order valence-electron chi connectivity index (χ4n) is 1.82. The summed E-state index contributed by atoms with van der Waals surface area (Å²) in [6.07, 6.45) is 3.31. The SMILES string of the molecule is c1cc(-c2nc(N3CCNCC3)n[nH]2)cnn1. The smallest absolute Gasteiger partial charge is 0.245 e. The first kappa shape index (κ1) is 10.2. The van der Waals surface area contributed by atoms with Crippen LogP contribution in [0.5, 0.6) is 0 Å². The molecular weight excluding hydrogens is 218 g/mol. The van der Waals surface area contributed by atoms with Gasteiger partial charge in [0.1, 0.15) is 0 Å². The van der Waals surface area contributed by atoms with E-state index in [0.717, 1.165) is 43.5 Å². The number of aromatic amines is 1. The van der Waals surface area contributed by atoms with Gasteiger partial charge in [0.25, 0.3) is 0 Å². The Bertz CT molecular complexity index is 474. The molecule has 0 unspecified atom stereocenters. The summed E-state index contributed by atoms with van der Waals surface area (Å²) in [5.41, 5.74) is 0.897. The molecule has 1 aliphatic heterocycles. The van der Waals surface area contributed by atoms with Gasteiger partial charge in [0.2, 0.25) is 5.95 Å². The zero-order valence-corrected chi connectivity index (χ0v) is 9.30. The molecule has 88 valence electrons. The van der Waals surface area contributed by atoms with Crippen LogP contribution in [0.2, 0.25) is 0 Å². The van der Waals surface area contributed by atoms with E-state index in [2.05, 4.69) is 35.6 Å². The van der Waals surface area contributed by atoms with Crippen molar-refractivity contribution < 1.29 is 0 Å². The number of hydrogen-bond acceptors (Lipinski definition) is 6. The van der Waals surface area contributed by atoms with E-state index in [1.165, 1.54) is 0 Å². The molecule has 3 heterocycles. The Morgan fingerprint density at radius 3 is 2.82 bits per heavy atom. The summed E-state index contributed by atoms with van der Waals surface area (Å²) < 4.78 is 0. The van der Waals surface area contributed by atoms with Crippen LogP contribution >= 0.6 is 0 Å². The Labute approximate surface area is 98.3 Å². The highest BCUT2D eigenvalue weighted by Crippen LogP contribution is 2.15. The van der Waals surface area contributed by atoms with Gasteiger partial charge in [-0.1, -0.05) is 0 Å². The van der Waals surface area contributed by atoms with Gasteiger partial charge in [-0.15, -0.1) is 5.10 Å². The number of anilines is 1. The number of rotatable bonds is 2. The van der Waals surface area contributed by atoms with Crippen molar-refractivity contribution in [3.63, 3.8) is 0 Å². The minimum absolute atomic E-state index is 0.730. The fourth-order valence-corrected chi connectivity index (χ4v) is 1.82. The van der Waals surface area contributed by atoms with Crippen LogP contribution in [0.25, 0.3) is 11.4 Å². The van der Waals surface area contributed by atoms with Gasteiger partial charge in [-0.3, -0.25) is 5.10 Å². The van der Waals surface area contributed by atoms with Crippen LogP contribution in [0.15, 0.2) is 18.5 Å². The van der Waals surface area contributed by atoms with Crippen molar-refractivity contribution in [3.05, 3.63) is 18.5 Å². The third kappa shape index (κ3) is 2.09. The maximum atomic E-state index is 4.47. The van der Waals surface area contributed by atoms with E-state index in [0.29, 0.717) is 0 Å². The first-order chi connectivity index (χ1) is 8.43. The van der Waals surface area contributed by atoms with Crippen molar-refractivity contribution in [1.82, 2.24) is 30.7 Å². The molecule has 2 aromatic rings. The summed E-state index contributed by atoms with van der Waals surface area (Å²) in [7, 11) is 0.